The van der Waals surface area contributed by atoms with Crippen LogP contribution in [0.25, 0.3) is 0 Å². The van der Waals surface area contributed by atoms with Gasteiger partial charge in [0.1, 0.15) is 11.3 Å². The van der Waals surface area contributed by atoms with E-state index in [9.17, 15) is 9.59 Å². The minimum absolute atomic E-state index is 0.137. The molecule has 1 heterocycles. The lowest BCUT2D eigenvalue weighted by Gasteiger charge is -2.32. The lowest BCUT2D eigenvalue weighted by atomic mass is 9.84. The van der Waals surface area contributed by atoms with Crippen molar-refractivity contribution in [3.8, 4) is 5.75 Å². The van der Waals surface area contributed by atoms with Crippen LogP contribution in [0.5, 0.6) is 5.75 Å². The number of fused-ring (bicyclic) bond motifs is 1. The smallest absolute Gasteiger partial charge is 0.255 e. The molecule has 0 radical (unpaired) electrons. The van der Waals surface area contributed by atoms with E-state index in [1.807, 2.05) is 24.3 Å². The van der Waals surface area contributed by atoms with Gasteiger partial charge in [0.2, 0.25) is 0 Å². The van der Waals surface area contributed by atoms with E-state index in [2.05, 4.69) is 16.0 Å². The van der Waals surface area contributed by atoms with Crippen LogP contribution in [0.2, 0.25) is 10.0 Å². The number of benzene rings is 3. The van der Waals surface area contributed by atoms with Gasteiger partial charge in [0.15, 0.2) is 0 Å². The Morgan fingerprint density at radius 2 is 1.78 bits per heavy atom. The molecule has 5 rings (SSSR count). The highest BCUT2D eigenvalue weighted by Crippen LogP contribution is 2.44. The number of carbonyl (C=O) groups is 2. The molecule has 8 heteroatoms. The summed E-state index contributed by atoms with van der Waals surface area (Å²) in [6.45, 7) is 0. The molecular formula is C29H29Cl2N3O3. The Labute approximate surface area is 226 Å². The number of hydrogen-bond acceptors (Lipinski definition) is 4. The van der Waals surface area contributed by atoms with Crippen LogP contribution in [0, 0.1) is 0 Å². The molecule has 1 aliphatic carbocycles. The van der Waals surface area contributed by atoms with Gasteiger partial charge in [-0.05, 0) is 54.8 Å². The predicted octanol–water partition coefficient (Wildman–Crippen LogP) is 6.57. The molecule has 3 aromatic carbocycles. The van der Waals surface area contributed by atoms with Gasteiger partial charge < -0.3 is 20.7 Å². The molecule has 6 nitrogen and oxygen atoms in total. The summed E-state index contributed by atoms with van der Waals surface area (Å²) in [6, 6.07) is 18.2. The molecule has 1 unspecified atom stereocenters. The summed E-state index contributed by atoms with van der Waals surface area (Å²) in [6.07, 6.45) is 5.63. The SMILES string of the molecule is COc1cccc(C(=O)NC2CCCCC2)c1NC1(Cc2cccc(Cl)c2)C(=O)Nc2cc(Cl)ccc21. The van der Waals surface area contributed by atoms with Gasteiger partial charge in [-0.15, -0.1) is 0 Å². The first-order valence-electron chi connectivity index (χ1n) is 12.5. The fourth-order valence-corrected chi connectivity index (χ4v) is 5.77. The first-order valence-corrected chi connectivity index (χ1v) is 13.3. The first-order chi connectivity index (χ1) is 17.9. The number of rotatable bonds is 7. The number of nitrogens with one attached hydrogen (secondary N) is 3. The van der Waals surface area contributed by atoms with E-state index >= 15 is 0 Å². The molecule has 0 aromatic heterocycles. The quantitative estimate of drug-likeness (QED) is 0.318. The van der Waals surface area contributed by atoms with Crippen LogP contribution in [0.1, 0.15) is 53.6 Å². The normalized spacial score (nSPS) is 19.2. The number of carbonyl (C=O) groups excluding carboxylic acids is 2. The molecule has 0 saturated heterocycles. The van der Waals surface area contributed by atoms with Crippen LogP contribution < -0.4 is 20.7 Å². The van der Waals surface area contributed by atoms with E-state index in [1.165, 1.54) is 6.42 Å². The Kier molecular flexibility index (Phi) is 7.31. The van der Waals surface area contributed by atoms with Gasteiger partial charge in [0.05, 0.1) is 18.4 Å². The second kappa shape index (κ2) is 10.6. The van der Waals surface area contributed by atoms with Crippen LogP contribution in [-0.2, 0) is 16.8 Å². The second-order valence-corrected chi connectivity index (χ2v) is 10.5. The van der Waals surface area contributed by atoms with E-state index in [0.717, 1.165) is 36.8 Å². The van der Waals surface area contributed by atoms with E-state index in [4.69, 9.17) is 27.9 Å². The Bertz CT molecular complexity index is 1340. The molecule has 0 bridgehead atoms. The van der Waals surface area contributed by atoms with Crippen LogP contribution in [-0.4, -0.2) is 25.0 Å². The van der Waals surface area contributed by atoms with E-state index in [0.29, 0.717) is 32.7 Å². The van der Waals surface area contributed by atoms with Gasteiger partial charge in [-0.1, -0.05) is 66.7 Å². The summed E-state index contributed by atoms with van der Waals surface area (Å²) in [5.41, 5.74) is 1.85. The highest BCUT2D eigenvalue weighted by atomic mass is 35.5. The van der Waals surface area contributed by atoms with E-state index in [1.54, 1.807) is 43.5 Å². The topological polar surface area (TPSA) is 79.5 Å². The highest BCUT2D eigenvalue weighted by molar-refractivity contribution is 6.31. The zero-order valence-electron chi connectivity index (χ0n) is 20.6. The summed E-state index contributed by atoms with van der Waals surface area (Å²) >= 11 is 12.5. The molecular weight excluding hydrogens is 509 g/mol. The number of hydrogen-bond donors (Lipinski definition) is 3. The number of amides is 2. The molecule has 3 aromatic rings. The third kappa shape index (κ3) is 5.13. The Morgan fingerprint density at radius 3 is 2.54 bits per heavy atom. The second-order valence-electron chi connectivity index (χ2n) is 9.67. The predicted molar refractivity (Wildman–Crippen MR) is 148 cm³/mol. The minimum Gasteiger partial charge on any atom is -0.495 e. The van der Waals surface area contributed by atoms with Crippen LogP contribution in [0.15, 0.2) is 60.7 Å². The van der Waals surface area contributed by atoms with Crippen molar-refractivity contribution >= 4 is 46.4 Å². The zero-order chi connectivity index (χ0) is 26.0. The number of anilines is 2. The fraction of sp³-hybridized carbons (Fsp3) is 0.310. The average molecular weight is 538 g/mol. The third-order valence-electron chi connectivity index (χ3n) is 7.21. The summed E-state index contributed by atoms with van der Waals surface area (Å²) in [5.74, 6) is 0.0206. The molecule has 1 saturated carbocycles. The number of para-hydroxylation sites is 1. The first kappa shape index (κ1) is 25.4. The highest BCUT2D eigenvalue weighted by Gasteiger charge is 2.48. The molecule has 192 valence electrons. The molecule has 1 atom stereocenters. The zero-order valence-corrected chi connectivity index (χ0v) is 22.1. The van der Waals surface area contributed by atoms with Crippen molar-refractivity contribution in [3.63, 3.8) is 0 Å². The van der Waals surface area contributed by atoms with Gasteiger partial charge in [-0.25, -0.2) is 0 Å². The summed E-state index contributed by atoms with van der Waals surface area (Å²) in [5, 5.41) is 10.7. The third-order valence-corrected chi connectivity index (χ3v) is 7.68. The molecule has 2 amide bonds. The van der Waals surface area contributed by atoms with Crippen molar-refractivity contribution in [3.05, 3.63) is 87.4 Å². The van der Waals surface area contributed by atoms with Crippen molar-refractivity contribution in [1.82, 2.24) is 5.32 Å². The molecule has 37 heavy (non-hydrogen) atoms. The van der Waals surface area contributed by atoms with Crippen LogP contribution >= 0.6 is 23.2 Å². The standard InChI is InChI=1S/C29H29Cl2N3O3/c1-37-25-12-6-11-22(27(35)32-21-9-3-2-4-10-21)26(25)34-29(17-18-7-5-8-19(30)15-18)23-14-13-20(31)16-24(23)33-28(29)36/h5-8,11-16,21,34H,2-4,9-10,17H2,1H3,(H,32,35)(H,33,36). The fourth-order valence-electron chi connectivity index (χ4n) is 5.38. The van der Waals surface area contributed by atoms with Crippen molar-refractivity contribution in [1.29, 1.82) is 0 Å². The Hall–Kier alpha value is -3.22. The number of methoxy groups -OCH3 is 1. The van der Waals surface area contributed by atoms with E-state index in [-0.39, 0.29) is 24.3 Å². The summed E-state index contributed by atoms with van der Waals surface area (Å²) in [4.78, 5) is 27.3. The lowest BCUT2D eigenvalue weighted by Crippen LogP contribution is -2.45. The largest absolute Gasteiger partial charge is 0.495 e. The molecule has 1 fully saturated rings. The maximum atomic E-state index is 13.8. The Balaban J connectivity index is 1.59. The molecule has 2 aliphatic rings. The van der Waals surface area contributed by atoms with Gasteiger partial charge in [-0.3, -0.25) is 9.59 Å². The number of halogens is 2. The summed E-state index contributed by atoms with van der Waals surface area (Å²) < 4.78 is 5.68. The summed E-state index contributed by atoms with van der Waals surface area (Å²) in [7, 11) is 1.55. The van der Waals surface area contributed by atoms with Gasteiger partial charge >= 0.3 is 0 Å². The average Bonchev–Trinajstić information content (AvgIpc) is 3.14. The monoisotopic (exact) mass is 537 g/mol. The van der Waals surface area contributed by atoms with Gasteiger partial charge in [-0.2, -0.15) is 0 Å². The lowest BCUT2D eigenvalue weighted by molar-refractivity contribution is -0.119. The van der Waals surface area contributed by atoms with Crippen molar-refractivity contribution < 1.29 is 14.3 Å². The molecule has 0 spiro atoms. The van der Waals surface area contributed by atoms with Crippen LogP contribution in [0.3, 0.4) is 0 Å². The maximum absolute atomic E-state index is 13.8. The van der Waals surface area contributed by atoms with Gasteiger partial charge in [0.25, 0.3) is 11.8 Å². The van der Waals surface area contributed by atoms with Gasteiger partial charge in [0, 0.05) is 33.8 Å². The van der Waals surface area contributed by atoms with Crippen molar-refractivity contribution in [2.24, 2.45) is 0 Å². The van der Waals surface area contributed by atoms with Crippen molar-refractivity contribution in [2.45, 2.75) is 50.1 Å². The van der Waals surface area contributed by atoms with Crippen molar-refractivity contribution in [2.75, 3.05) is 17.7 Å². The number of ether oxygens (including phenoxy) is 1. The minimum atomic E-state index is -1.24. The maximum Gasteiger partial charge on any atom is 0.255 e. The van der Waals surface area contributed by atoms with E-state index < -0.39 is 5.54 Å². The van der Waals surface area contributed by atoms with Crippen LogP contribution in [0.4, 0.5) is 11.4 Å². The Morgan fingerprint density at radius 1 is 1.03 bits per heavy atom. The molecule has 1 aliphatic heterocycles. The molecule has 3 N–H and O–H groups in total.